The molecule has 3 N–H and O–H groups in total. The van der Waals surface area contributed by atoms with Crippen LogP contribution in [0.2, 0.25) is 0 Å². The highest BCUT2D eigenvalue weighted by Gasteiger charge is 2.21. The molecule has 3 nitrogen and oxygen atoms in total. The van der Waals surface area contributed by atoms with Gasteiger partial charge in [-0.05, 0) is 55.5 Å². The number of aromatic hydroxyl groups is 2. The van der Waals surface area contributed by atoms with Gasteiger partial charge in [-0.1, -0.05) is 0 Å². The number of phenols is 2. The van der Waals surface area contributed by atoms with Crippen molar-refractivity contribution in [3.8, 4) is 11.5 Å². The quantitative estimate of drug-likeness (QED) is 0.647. The van der Waals surface area contributed by atoms with Gasteiger partial charge < -0.3 is 15.5 Å². The van der Waals surface area contributed by atoms with Crippen molar-refractivity contribution in [2.75, 3.05) is 13.6 Å². The Labute approximate surface area is 89.8 Å². The fourth-order valence-electron chi connectivity index (χ4n) is 2.39. The van der Waals surface area contributed by atoms with Crippen molar-refractivity contribution in [2.45, 2.75) is 25.2 Å². The van der Waals surface area contributed by atoms with Crippen LogP contribution in [0.15, 0.2) is 12.1 Å². The van der Waals surface area contributed by atoms with Gasteiger partial charge in [0.25, 0.3) is 0 Å². The van der Waals surface area contributed by atoms with E-state index >= 15 is 0 Å². The van der Waals surface area contributed by atoms with Gasteiger partial charge in [0.2, 0.25) is 0 Å². The van der Waals surface area contributed by atoms with Gasteiger partial charge in [-0.2, -0.15) is 0 Å². The molecule has 0 saturated heterocycles. The highest BCUT2D eigenvalue weighted by atomic mass is 16.3. The fourth-order valence-corrected chi connectivity index (χ4v) is 2.39. The molecule has 0 saturated carbocycles. The van der Waals surface area contributed by atoms with Crippen molar-refractivity contribution in [2.24, 2.45) is 0 Å². The Bertz CT molecular complexity index is 363. The Morgan fingerprint density at radius 3 is 2.80 bits per heavy atom. The summed E-state index contributed by atoms with van der Waals surface area (Å²) in [6.45, 7) is 0.928. The minimum absolute atomic E-state index is 0.00106. The largest absolute Gasteiger partial charge is 0.504 e. The molecular formula is C12H17NO2. The van der Waals surface area contributed by atoms with E-state index in [1.807, 2.05) is 7.05 Å². The first-order chi connectivity index (χ1) is 7.22. The molecule has 0 radical (unpaired) electrons. The summed E-state index contributed by atoms with van der Waals surface area (Å²) in [6.07, 6.45) is 3.31. The lowest BCUT2D eigenvalue weighted by molar-refractivity contribution is 0.399. The lowest BCUT2D eigenvalue weighted by atomic mass is 9.82. The van der Waals surface area contributed by atoms with E-state index in [1.54, 1.807) is 12.1 Å². The second-order valence-electron chi connectivity index (χ2n) is 4.19. The summed E-state index contributed by atoms with van der Waals surface area (Å²) in [5.74, 6) is 0.459. The summed E-state index contributed by atoms with van der Waals surface area (Å²) in [4.78, 5) is 0. The summed E-state index contributed by atoms with van der Waals surface area (Å²) in [7, 11) is 1.94. The Balaban J connectivity index is 2.38. The number of likely N-dealkylation sites (N-methyl/N-ethyl adjacent to an activating group) is 1. The Morgan fingerprint density at radius 1 is 1.33 bits per heavy atom. The molecule has 0 aliphatic heterocycles. The third kappa shape index (κ3) is 1.92. The van der Waals surface area contributed by atoms with Crippen LogP contribution in [0, 0.1) is 0 Å². The third-order valence-electron chi connectivity index (χ3n) is 3.13. The molecule has 1 aromatic carbocycles. The van der Waals surface area contributed by atoms with Gasteiger partial charge in [0.05, 0.1) is 0 Å². The zero-order valence-corrected chi connectivity index (χ0v) is 8.95. The fraction of sp³-hybridized carbons (Fsp3) is 0.500. The number of rotatable bonds is 2. The van der Waals surface area contributed by atoms with E-state index in [-0.39, 0.29) is 11.5 Å². The average Bonchev–Trinajstić information content (AvgIpc) is 2.21. The monoisotopic (exact) mass is 207 g/mol. The first kappa shape index (κ1) is 10.3. The zero-order chi connectivity index (χ0) is 10.8. The van der Waals surface area contributed by atoms with Crippen LogP contribution in [0.5, 0.6) is 11.5 Å². The first-order valence-electron chi connectivity index (χ1n) is 5.41. The van der Waals surface area contributed by atoms with Crippen molar-refractivity contribution >= 4 is 0 Å². The molecule has 0 aromatic heterocycles. The van der Waals surface area contributed by atoms with Gasteiger partial charge in [-0.25, -0.2) is 0 Å². The van der Waals surface area contributed by atoms with E-state index in [1.165, 1.54) is 11.1 Å². The van der Waals surface area contributed by atoms with E-state index < -0.39 is 0 Å². The molecule has 0 fully saturated rings. The molecule has 2 rings (SSSR count). The maximum Gasteiger partial charge on any atom is 0.157 e. The van der Waals surface area contributed by atoms with Crippen molar-refractivity contribution in [3.63, 3.8) is 0 Å². The van der Waals surface area contributed by atoms with Crippen molar-refractivity contribution in [1.82, 2.24) is 5.32 Å². The molecule has 0 heterocycles. The Hall–Kier alpha value is -1.22. The number of hydrogen-bond donors (Lipinski definition) is 3. The molecule has 1 aromatic rings. The summed E-state index contributed by atoms with van der Waals surface area (Å²) < 4.78 is 0. The van der Waals surface area contributed by atoms with Crippen LogP contribution >= 0.6 is 0 Å². The summed E-state index contributed by atoms with van der Waals surface area (Å²) in [5, 5.41) is 22.1. The van der Waals surface area contributed by atoms with Crippen molar-refractivity contribution < 1.29 is 10.2 Å². The summed E-state index contributed by atoms with van der Waals surface area (Å²) >= 11 is 0. The number of fused-ring (bicyclic) bond motifs is 1. The maximum absolute atomic E-state index is 9.49. The van der Waals surface area contributed by atoms with Crippen LogP contribution in [-0.2, 0) is 6.42 Å². The van der Waals surface area contributed by atoms with Crippen LogP contribution < -0.4 is 5.32 Å². The Kier molecular flexibility index (Phi) is 2.82. The number of hydrogen-bond acceptors (Lipinski definition) is 3. The molecule has 1 aliphatic rings. The van der Waals surface area contributed by atoms with Crippen LogP contribution in [0.3, 0.4) is 0 Å². The minimum Gasteiger partial charge on any atom is -0.504 e. The summed E-state index contributed by atoms with van der Waals surface area (Å²) in [5.41, 5.74) is 2.36. The molecule has 15 heavy (non-hydrogen) atoms. The minimum atomic E-state index is -0.00301. The average molecular weight is 207 g/mol. The van der Waals surface area contributed by atoms with Crippen LogP contribution in [0.4, 0.5) is 0 Å². The molecule has 0 spiro atoms. The second kappa shape index (κ2) is 4.11. The van der Waals surface area contributed by atoms with Gasteiger partial charge in [0.15, 0.2) is 11.5 Å². The van der Waals surface area contributed by atoms with Gasteiger partial charge in [0, 0.05) is 6.54 Å². The topological polar surface area (TPSA) is 52.5 Å². The molecule has 1 atom stereocenters. The van der Waals surface area contributed by atoms with E-state index in [2.05, 4.69) is 5.32 Å². The number of benzene rings is 1. The molecular weight excluding hydrogens is 190 g/mol. The predicted octanol–water partition coefficient (Wildman–Crippen LogP) is 1.74. The first-order valence-corrected chi connectivity index (χ1v) is 5.41. The molecule has 3 heteroatoms. The van der Waals surface area contributed by atoms with Crippen LogP contribution in [-0.4, -0.2) is 23.8 Å². The van der Waals surface area contributed by atoms with Gasteiger partial charge >= 0.3 is 0 Å². The smallest absolute Gasteiger partial charge is 0.157 e. The molecule has 0 amide bonds. The Morgan fingerprint density at radius 2 is 2.07 bits per heavy atom. The van der Waals surface area contributed by atoms with E-state index in [9.17, 15) is 10.2 Å². The molecule has 1 aliphatic carbocycles. The molecule has 0 bridgehead atoms. The van der Waals surface area contributed by atoms with E-state index in [0.29, 0.717) is 5.92 Å². The number of phenolic OH excluding ortho intramolecular Hbond substituents is 2. The van der Waals surface area contributed by atoms with Gasteiger partial charge in [-0.15, -0.1) is 0 Å². The number of nitrogens with one attached hydrogen (secondary N) is 1. The third-order valence-corrected chi connectivity index (χ3v) is 3.13. The van der Waals surface area contributed by atoms with Crippen molar-refractivity contribution in [1.29, 1.82) is 0 Å². The lowest BCUT2D eigenvalue weighted by Gasteiger charge is -2.25. The molecule has 1 unspecified atom stereocenters. The van der Waals surface area contributed by atoms with Crippen molar-refractivity contribution in [3.05, 3.63) is 23.3 Å². The molecule has 82 valence electrons. The normalized spacial score (nSPS) is 19.9. The van der Waals surface area contributed by atoms with E-state index in [4.69, 9.17) is 0 Å². The highest BCUT2D eigenvalue weighted by molar-refractivity contribution is 5.47. The number of aryl methyl sites for hydroxylation is 1. The second-order valence-corrected chi connectivity index (χ2v) is 4.19. The maximum atomic E-state index is 9.49. The summed E-state index contributed by atoms with van der Waals surface area (Å²) in [6, 6.07) is 3.42. The zero-order valence-electron chi connectivity index (χ0n) is 8.95. The van der Waals surface area contributed by atoms with E-state index in [0.717, 1.165) is 25.8 Å². The van der Waals surface area contributed by atoms with Crippen LogP contribution in [0.25, 0.3) is 0 Å². The van der Waals surface area contributed by atoms with Crippen LogP contribution in [0.1, 0.15) is 29.9 Å². The van der Waals surface area contributed by atoms with Gasteiger partial charge in [-0.3, -0.25) is 0 Å². The highest BCUT2D eigenvalue weighted by Crippen LogP contribution is 2.37. The lowest BCUT2D eigenvalue weighted by Crippen LogP contribution is -2.21. The van der Waals surface area contributed by atoms with Gasteiger partial charge in [0.1, 0.15) is 0 Å². The SMILES string of the molecule is CNCC1CCCc2cc(O)c(O)cc21. The standard InChI is InChI=1S/C12H17NO2/c1-13-7-9-4-2-3-8-5-11(14)12(15)6-10(8)9/h5-6,9,13-15H,2-4,7H2,1H3. The predicted molar refractivity (Wildman–Crippen MR) is 59.4 cm³/mol.